The highest BCUT2D eigenvalue weighted by Crippen LogP contribution is 2.41. The fraction of sp³-hybridized carbons (Fsp3) is 0.417. The molecule has 3 aliphatic rings. The Bertz CT molecular complexity index is 1040. The van der Waals surface area contributed by atoms with Gasteiger partial charge >= 0.3 is 0 Å². The lowest BCUT2D eigenvalue weighted by Gasteiger charge is -2.26. The van der Waals surface area contributed by atoms with Gasteiger partial charge in [0.15, 0.2) is 0 Å². The van der Waals surface area contributed by atoms with Crippen molar-refractivity contribution in [2.24, 2.45) is 0 Å². The topological polar surface area (TPSA) is 86.5 Å². The number of ether oxygens (including phenoxy) is 1. The zero-order valence-corrected chi connectivity index (χ0v) is 17.8. The molecule has 31 heavy (non-hydrogen) atoms. The van der Waals surface area contributed by atoms with Gasteiger partial charge in [0.2, 0.25) is 0 Å². The number of nitrogens with one attached hydrogen (secondary N) is 3. The molecule has 3 aliphatic heterocycles. The average molecular weight is 421 g/mol. The van der Waals surface area contributed by atoms with Crippen LogP contribution in [0.3, 0.4) is 0 Å². The monoisotopic (exact) mass is 420 g/mol. The molecule has 2 saturated heterocycles. The van der Waals surface area contributed by atoms with Crippen LogP contribution in [0.4, 0.5) is 5.69 Å². The third-order valence-corrected chi connectivity index (χ3v) is 6.64. The molecule has 2 fully saturated rings. The average Bonchev–Trinajstić information content (AvgIpc) is 3.34. The quantitative estimate of drug-likeness (QED) is 0.667. The van der Waals surface area contributed by atoms with E-state index in [2.05, 4.69) is 21.7 Å². The maximum Gasteiger partial charge on any atom is 0.256 e. The lowest BCUT2D eigenvalue weighted by Crippen LogP contribution is -2.40. The third kappa shape index (κ3) is 3.68. The van der Waals surface area contributed by atoms with Crippen molar-refractivity contribution in [1.29, 1.82) is 0 Å². The van der Waals surface area contributed by atoms with Crippen LogP contribution in [0.5, 0.6) is 0 Å². The molecule has 0 atom stereocenters. The molecule has 2 amide bonds. The number of H-pyrrole nitrogens is 1. The number of aromatic amines is 1. The molecule has 0 spiro atoms. The van der Waals surface area contributed by atoms with Gasteiger partial charge in [-0.2, -0.15) is 0 Å². The number of fused-ring (bicyclic) bond motifs is 1. The van der Waals surface area contributed by atoms with Gasteiger partial charge in [0.25, 0.3) is 11.8 Å². The molecule has 0 radical (unpaired) electrons. The highest BCUT2D eigenvalue weighted by molar-refractivity contribution is 6.35. The SMILES string of the molecule is Cc1c(C(=O)N2CCOCC2)c[nH]c1/C=C1\C(=O)Nc2cccc(C3CCNCC3)c21. The minimum absolute atomic E-state index is 0.00775. The maximum absolute atomic E-state index is 12.9. The largest absolute Gasteiger partial charge is 0.378 e. The van der Waals surface area contributed by atoms with E-state index in [9.17, 15) is 9.59 Å². The van der Waals surface area contributed by atoms with E-state index in [1.54, 1.807) is 6.20 Å². The fourth-order valence-electron chi connectivity index (χ4n) is 4.85. The zero-order valence-electron chi connectivity index (χ0n) is 17.8. The van der Waals surface area contributed by atoms with Crippen molar-refractivity contribution in [2.45, 2.75) is 25.7 Å². The number of benzene rings is 1. The van der Waals surface area contributed by atoms with E-state index in [4.69, 9.17) is 4.74 Å². The first-order valence-electron chi connectivity index (χ1n) is 11.1. The summed E-state index contributed by atoms with van der Waals surface area (Å²) in [4.78, 5) is 30.9. The Hall–Kier alpha value is -2.90. The molecule has 3 N–H and O–H groups in total. The van der Waals surface area contributed by atoms with E-state index < -0.39 is 0 Å². The smallest absolute Gasteiger partial charge is 0.256 e. The number of amides is 2. The molecule has 1 aromatic heterocycles. The van der Waals surface area contributed by atoms with Gasteiger partial charge < -0.3 is 25.3 Å². The number of morpholine rings is 1. The lowest BCUT2D eigenvalue weighted by molar-refractivity contribution is -0.110. The van der Waals surface area contributed by atoms with Crippen LogP contribution in [-0.4, -0.2) is 61.1 Å². The normalized spacial score (nSPS) is 20.7. The highest BCUT2D eigenvalue weighted by atomic mass is 16.5. The number of nitrogens with zero attached hydrogens (tertiary/aromatic N) is 1. The maximum atomic E-state index is 12.9. The van der Waals surface area contributed by atoms with Gasteiger partial charge in [-0.3, -0.25) is 9.59 Å². The van der Waals surface area contributed by atoms with Crippen molar-refractivity contribution in [3.05, 3.63) is 52.3 Å². The molecule has 0 saturated carbocycles. The number of carbonyl (C=O) groups is 2. The summed E-state index contributed by atoms with van der Waals surface area (Å²) in [7, 11) is 0. The molecule has 1 aromatic carbocycles. The summed E-state index contributed by atoms with van der Waals surface area (Å²) in [5.41, 5.74) is 6.10. The van der Waals surface area contributed by atoms with Crippen molar-refractivity contribution < 1.29 is 14.3 Å². The van der Waals surface area contributed by atoms with Gasteiger partial charge in [0.05, 0.1) is 24.4 Å². The number of hydrogen-bond acceptors (Lipinski definition) is 4. The Kier molecular flexibility index (Phi) is 5.38. The van der Waals surface area contributed by atoms with E-state index in [0.717, 1.165) is 48.4 Å². The van der Waals surface area contributed by atoms with Crippen LogP contribution in [0.2, 0.25) is 0 Å². The van der Waals surface area contributed by atoms with Crippen molar-refractivity contribution >= 4 is 29.2 Å². The standard InChI is InChI=1S/C24H28N4O3/c1-15-19(24(30)28-9-11-31-12-10-28)14-26-21(15)13-18-22-17(16-5-7-25-8-6-16)3-2-4-20(22)27-23(18)29/h2-4,13-14,16,25-26H,5-12H2,1H3,(H,27,29)/b18-13-. The van der Waals surface area contributed by atoms with E-state index in [1.807, 2.05) is 30.0 Å². The van der Waals surface area contributed by atoms with Crippen LogP contribution in [0.25, 0.3) is 11.6 Å². The number of aromatic nitrogens is 1. The second-order valence-corrected chi connectivity index (χ2v) is 8.45. The van der Waals surface area contributed by atoms with Crippen molar-refractivity contribution in [1.82, 2.24) is 15.2 Å². The molecule has 0 bridgehead atoms. The Morgan fingerprint density at radius 3 is 2.74 bits per heavy atom. The summed E-state index contributed by atoms with van der Waals surface area (Å²) in [6.45, 7) is 6.29. The minimum Gasteiger partial charge on any atom is -0.378 e. The van der Waals surface area contributed by atoms with Gasteiger partial charge in [0.1, 0.15) is 0 Å². The summed E-state index contributed by atoms with van der Waals surface area (Å²) >= 11 is 0. The van der Waals surface area contributed by atoms with Crippen LogP contribution in [0.1, 0.15) is 51.5 Å². The second kappa shape index (κ2) is 8.32. The van der Waals surface area contributed by atoms with Gasteiger partial charge in [-0.05, 0) is 62.0 Å². The molecule has 162 valence electrons. The van der Waals surface area contributed by atoms with Crippen molar-refractivity contribution in [3.8, 4) is 0 Å². The predicted molar refractivity (Wildman–Crippen MR) is 120 cm³/mol. The first-order valence-corrected chi connectivity index (χ1v) is 11.1. The molecular formula is C24H28N4O3. The van der Waals surface area contributed by atoms with E-state index in [-0.39, 0.29) is 11.8 Å². The Balaban J connectivity index is 1.49. The van der Waals surface area contributed by atoms with E-state index in [0.29, 0.717) is 43.4 Å². The lowest BCUT2D eigenvalue weighted by atomic mass is 9.85. The van der Waals surface area contributed by atoms with E-state index in [1.165, 1.54) is 5.56 Å². The van der Waals surface area contributed by atoms with Gasteiger partial charge in [-0.25, -0.2) is 0 Å². The molecule has 4 heterocycles. The molecular weight excluding hydrogens is 392 g/mol. The van der Waals surface area contributed by atoms with Crippen LogP contribution >= 0.6 is 0 Å². The fourth-order valence-corrected chi connectivity index (χ4v) is 4.85. The number of anilines is 1. The molecule has 2 aromatic rings. The predicted octanol–water partition coefficient (Wildman–Crippen LogP) is 2.76. The summed E-state index contributed by atoms with van der Waals surface area (Å²) in [6.07, 6.45) is 5.79. The zero-order chi connectivity index (χ0) is 21.4. The Morgan fingerprint density at radius 1 is 1.19 bits per heavy atom. The van der Waals surface area contributed by atoms with Crippen molar-refractivity contribution in [2.75, 3.05) is 44.7 Å². The summed E-state index contributed by atoms with van der Waals surface area (Å²) in [6, 6.07) is 6.14. The summed E-state index contributed by atoms with van der Waals surface area (Å²) in [5.74, 6) is 0.357. The Labute approximate surface area is 181 Å². The molecule has 5 rings (SSSR count). The molecule has 7 heteroatoms. The van der Waals surface area contributed by atoms with Crippen molar-refractivity contribution in [3.63, 3.8) is 0 Å². The number of piperidine rings is 1. The Morgan fingerprint density at radius 2 is 1.97 bits per heavy atom. The van der Waals surface area contributed by atoms with E-state index >= 15 is 0 Å². The number of rotatable bonds is 3. The minimum atomic E-state index is -0.0913. The van der Waals surface area contributed by atoms with Crippen LogP contribution in [0.15, 0.2) is 24.4 Å². The number of hydrogen-bond donors (Lipinski definition) is 3. The first kappa shape index (κ1) is 20.0. The van der Waals surface area contributed by atoms with Crippen LogP contribution in [-0.2, 0) is 9.53 Å². The first-order chi connectivity index (χ1) is 15.1. The van der Waals surface area contributed by atoms with Crippen LogP contribution in [0, 0.1) is 6.92 Å². The molecule has 7 nitrogen and oxygen atoms in total. The summed E-state index contributed by atoms with van der Waals surface area (Å²) in [5, 5.41) is 6.44. The summed E-state index contributed by atoms with van der Waals surface area (Å²) < 4.78 is 5.36. The van der Waals surface area contributed by atoms with Gasteiger partial charge in [-0.15, -0.1) is 0 Å². The van der Waals surface area contributed by atoms with Gasteiger partial charge in [0, 0.05) is 36.2 Å². The molecule has 0 aliphatic carbocycles. The van der Waals surface area contributed by atoms with Gasteiger partial charge in [-0.1, -0.05) is 12.1 Å². The number of carbonyl (C=O) groups excluding carboxylic acids is 2. The second-order valence-electron chi connectivity index (χ2n) is 8.45. The highest BCUT2D eigenvalue weighted by Gasteiger charge is 2.30. The third-order valence-electron chi connectivity index (χ3n) is 6.64. The van der Waals surface area contributed by atoms with Crippen LogP contribution < -0.4 is 10.6 Å². The molecule has 0 unspecified atom stereocenters.